The number of nitrogens with one attached hydrogen (secondary N) is 1. The molecule has 0 atom stereocenters. The molecule has 0 unspecified atom stereocenters. The van der Waals surface area contributed by atoms with E-state index in [-0.39, 0.29) is 0 Å². The van der Waals surface area contributed by atoms with Crippen molar-refractivity contribution < 1.29 is 4.42 Å². The van der Waals surface area contributed by atoms with Crippen LogP contribution in [-0.2, 0) is 6.54 Å². The van der Waals surface area contributed by atoms with Gasteiger partial charge in [-0.25, -0.2) is 4.98 Å². The first-order valence-electron chi connectivity index (χ1n) is 7.60. The fourth-order valence-corrected chi connectivity index (χ4v) is 2.85. The van der Waals surface area contributed by atoms with Gasteiger partial charge in [-0.3, -0.25) is 0 Å². The van der Waals surface area contributed by atoms with Gasteiger partial charge in [-0.1, -0.05) is 32.1 Å². The number of oxazole rings is 1. The predicted octanol–water partition coefficient (Wildman–Crippen LogP) is 3.75. The quantitative estimate of drug-likeness (QED) is 0.881. The summed E-state index contributed by atoms with van der Waals surface area (Å²) in [5, 5.41) is 3.46. The van der Waals surface area contributed by atoms with E-state index in [1.54, 1.807) is 0 Å². The fourth-order valence-electron chi connectivity index (χ4n) is 2.85. The zero-order valence-electron chi connectivity index (χ0n) is 11.2. The lowest BCUT2D eigenvalue weighted by atomic mass is 9.90. The molecule has 0 radical (unpaired) electrons. The Morgan fingerprint density at radius 1 is 1.06 bits per heavy atom. The van der Waals surface area contributed by atoms with Crippen molar-refractivity contribution in [3.05, 3.63) is 17.8 Å². The van der Waals surface area contributed by atoms with E-state index in [0.717, 1.165) is 24.2 Å². The van der Waals surface area contributed by atoms with Crippen LogP contribution in [-0.4, -0.2) is 11.0 Å². The zero-order chi connectivity index (χ0) is 12.2. The minimum atomic E-state index is 0.618. The van der Waals surface area contributed by atoms with Crippen LogP contribution in [0.5, 0.6) is 0 Å². The molecule has 3 rings (SSSR count). The van der Waals surface area contributed by atoms with Gasteiger partial charge < -0.3 is 9.73 Å². The third-order valence-corrected chi connectivity index (χ3v) is 4.20. The van der Waals surface area contributed by atoms with Crippen LogP contribution in [0, 0.1) is 0 Å². The second kappa shape index (κ2) is 5.87. The van der Waals surface area contributed by atoms with Gasteiger partial charge in [0, 0.05) is 12.0 Å². The smallest absolute Gasteiger partial charge is 0.208 e. The molecule has 3 nitrogen and oxygen atoms in total. The lowest BCUT2D eigenvalue weighted by Crippen LogP contribution is -2.15. The molecule has 0 aliphatic heterocycles. The van der Waals surface area contributed by atoms with Crippen molar-refractivity contribution in [2.75, 3.05) is 0 Å². The highest BCUT2D eigenvalue weighted by atomic mass is 16.4. The maximum atomic E-state index is 5.92. The average Bonchev–Trinajstić information content (AvgIpc) is 3.05. The van der Waals surface area contributed by atoms with Gasteiger partial charge >= 0.3 is 0 Å². The lowest BCUT2D eigenvalue weighted by Gasteiger charge is -2.16. The summed E-state index contributed by atoms with van der Waals surface area (Å²) in [7, 11) is 0. The van der Waals surface area contributed by atoms with Crippen LogP contribution in [0.4, 0.5) is 0 Å². The van der Waals surface area contributed by atoms with Crippen LogP contribution >= 0.6 is 0 Å². The van der Waals surface area contributed by atoms with Crippen molar-refractivity contribution in [3.8, 4) is 0 Å². The highest BCUT2D eigenvalue weighted by molar-refractivity contribution is 5.02. The number of hydrogen-bond acceptors (Lipinski definition) is 3. The monoisotopic (exact) mass is 248 g/mol. The van der Waals surface area contributed by atoms with Gasteiger partial charge in [0.2, 0.25) is 5.89 Å². The average molecular weight is 248 g/mol. The fraction of sp³-hybridized carbons (Fsp3) is 0.800. The van der Waals surface area contributed by atoms with Gasteiger partial charge in [0.05, 0.1) is 12.7 Å². The highest BCUT2D eigenvalue weighted by Gasteiger charge is 2.22. The molecule has 18 heavy (non-hydrogen) atoms. The summed E-state index contributed by atoms with van der Waals surface area (Å²) < 4.78 is 5.92. The van der Waals surface area contributed by atoms with Crippen LogP contribution in [0.3, 0.4) is 0 Å². The summed E-state index contributed by atoms with van der Waals surface area (Å²) >= 11 is 0. The standard InChI is InChI=1S/C15H24N2O/c1-2-4-6-12(7-5-3-1)14-10-17-15(18-14)11-16-13-8-9-13/h10,12-13,16H,1-9,11H2. The molecule has 100 valence electrons. The van der Waals surface area contributed by atoms with E-state index in [1.165, 1.54) is 57.8 Å². The summed E-state index contributed by atoms with van der Waals surface area (Å²) in [5.41, 5.74) is 0. The second-order valence-electron chi connectivity index (χ2n) is 5.85. The van der Waals surface area contributed by atoms with E-state index in [4.69, 9.17) is 4.42 Å². The Hall–Kier alpha value is -0.830. The molecule has 3 heteroatoms. The Balaban J connectivity index is 1.55. The van der Waals surface area contributed by atoms with E-state index in [1.807, 2.05) is 6.20 Å². The van der Waals surface area contributed by atoms with Crippen molar-refractivity contribution in [2.45, 2.75) is 76.3 Å². The maximum Gasteiger partial charge on any atom is 0.208 e. The number of nitrogens with zero attached hydrogens (tertiary/aromatic N) is 1. The summed E-state index contributed by atoms with van der Waals surface area (Å²) in [6.07, 6.45) is 14.1. The Labute approximate surface area is 109 Å². The predicted molar refractivity (Wildman–Crippen MR) is 71.4 cm³/mol. The highest BCUT2D eigenvalue weighted by Crippen LogP contribution is 2.31. The summed E-state index contributed by atoms with van der Waals surface area (Å²) in [6.45, 7) is 0.803. The van der Waals surface area contributed by atoms with E-state index in [0.29, 0.717) is 5.92 Å². The largest absolute Gasteiger partial charge is 0.444 e. The molecule has 0 bridgehead atoms. The topological polar surface area (TPSA) is 38.1 Å². The Morgan fingerprint density at radius 2 is 1.78 bits per heavy atom. The van der Waals surface area contributed by atoms with Crippen molar-refractivity contribution in [3.63, 3.8) is 0 Å². The van der Waals surface area contributed by atoms with Gasteiger partial charge in [0.15, 0.2) is 0 Å². The zero-order valence-corrected chi connectivity index (χ0v) is 11.2. The molecule has 0 spiro atoms. The van der Waals surface area contributed by atoms with Gasteiger partial charge in [-0.05, 0) is 25.7 Å². The Kier molecular flexibility index (Phi) is 3.99. The molecule has 2 aliphatic rings. The number of rotatable bonds is 4. The molecular formula is C15H24N2O. The van der Waals surface area contributed by atoms with Gasteiger partial charge in [-0.15, -0.1) is 0 Å². The Morgan fingerprint density at radius 3 is 2.50 bits per heavy atom. The first-order chi connectivity index (χ1) is 8.92. The molecule has 0 aromatic carbocycles. The molecule has 0 amide bonds. The van der Waals surface area contributed by atoms with E-state index in [2.05, 4.69) is 10.3 Å². The second-order valence-corrected chi connectivity index (χ2v) is 5.85. The first-order valence-corrected chi connectivity index (χ1v) is 7.60. The van der Waals surface area contributed by atoms with Crippen molar-refractivity contribution in [2.24, 2.45) is 0 Å². The molecule has 2 fully saturated rings. The van der Waals surface area contributed by atoms with Crippen molar-refractivity contribution >= 4 is 0 Å². The van der Waals surface area contributed by atoms with Gasteiger partial charge in [0.25, 0.3) is 0 Å². The van der Waals surface area contributed by atoms with E-state index in [9.17, 15) is 0 Å². The van der Waals surface area contributed by atoms with Crippen LogP contribution in [0.1, 0.15) is 75.4 Å². The van der Waals surface area contributed by atoms with Crippen molar-refractivity contribution in [1.29, 1.82) is 0 Å². The third kappa shape index (κ3) is 3.35. The summed E-state index contributed by atoms with van der Waals surface area (Å²) in [4.78, 5) is 4.42. The normalized spacial score (nSPS) is 22.7. The molecular weight excluding hydrogens is 224 g/mol. The molecule has 2 saturated carbocycles. The number of hydrogen-bond donors (Lipinski definition) is 1. The van der Waals surface area contributed by atoms with Crippen LogP contribution in [0.25, 0.3) is 0 Å². The number of aromatic nitrogens is 1. The van der Waals surface area contributed by atoms with Gasteiger partial charge in [0.1, 0.15) is 5.76 Å². The third-order valence-electron chi connectivity index (χ3n) is 4.20. The molecule has 1 aromatic heterocycles. The molecule has 2 aliphatic carbocycles. The summed E-state index contributed by atoms with van der Waals surface area (Å²) in [6, 6.07) is 0.724. The van der Waals surface area contributed by atoms with Crippen LogP contribution < -0.4 is 5.32 Å². The SMILES string of the molecule is c1nc(CNC2CC2)oc1C1CCCCCCC1. The van der Waals surface area contributed by atoms with E-state index >= 15 is 0 Å². The van der Waals surface area contributed by atoms with Crippen LogP contribution in [0.2, 0.25) is 0 Å². The summed E-state index contributed by atoms with van der Waals surface area (Å²) in [5.74, 6) is 2.62. The first kappa shape index (κ1) is 12.2. The molecule has 0 saturated heterocycles. The minimum absolute atomic E-state index is 0.618. The lowest BCUT2D eigenvalue weighted by molar-refractivity contribution is 0.365. The molecule has 1 N–H and O–H groups in total. The Bertz CT molecular complexity index is 362. The minimum Gasteiger partial charge on any atom is -0.444 e. The van der Waals surface area contributed by atoms with Crippen LogP contribution in [0.15, 0.2) is 10.6 Å². The molecule has 1 aromatic rings. The van der Waals surface area contributed by atoms with E-state index < -0.39 is 0 Å². The molecule has 1 heterocycles. The maximum absolute atomic E-state index is 5.92. The van der Waals surface area contributed by atoms with Crippen molar-refractivity contribution in [1.82, 2.24) is 10.3 Å². The van der Waals surface area contributed by atoms with Gasteiger partial charge in [-0.2, -0.15) is 0 Å².